The van der Waals surface area contributed by atoms with Gasteiger partial charge in [-0.2, -0.15) is 0 Å². The maximum atomic E-state index is 12.1. The number of ether oxygens (including phenoxy) is 1. The highest BCUT2D eigenvalue weighted by atomic mass is 32.2. The van der Waals surface area contributed by atoms with E-state index in [0.717, 1.165) is 16.9 Å². The van der Waals surface area contributed by atoms with Gasteiger partial charge in [0, 0.05) is 12.2 Å². The molecule has 0 saturated heterocycles. The van der Waals surface area contributed by atoms with Crippen LogP contribution in [0.25, 0.3) is 0 Å². The molecule has 0 aliphatic heterocycles. The van der Waals surface area contributed by atoms with Gasteiger partial charge >= 0.3 is 0 Å². The van der Waals surface area contributed by atoms with Crippen LogP contribution in [0.4, 0.5) is 5.69 Å². The zero-order valence-electron chi connectivity index (χ0n) is 12.7. The standard InChI is InChI=1S/C16H20N2O3S/c1-12-4-3-5-16(13(12)2)21-11-10-18-22(19,20)15-8-6-14(17)7-9-15/h3-9,18H,10-11,17H2,1-2H3. The van der Waals surface area contributed by atoms with Crippen molar-refractivity contribution in [3.8, 4) is 5.75 Å². The molecule has 5 nitrogen and oxygen atoms in total. The SMILES string of the molecule is Cc1cccc(OCCNS(=O)(=O)c2ccc(N)cc2)c1C. The lowest BCUT2D eigenvalue weighted by atomic mass is 10.1. The molecular formula is C16H20N2O3S. The maximum Gasteiger partial charge on any atom is 0.240 e. The van der Waals surface area contributed by atoms with E-state index < -0.39 is 10.0 Å². The van der Waals surface area contributed by atoms with Crippen LogP contribution in [0.15, 0.2) is 47.4 Å². The van der Waals surface area contributed by atoms with Gasteiger partial charge in [0.25, 0.3) is 0 Å². The summed E-state index contributed by atoms with van der Waals surface area (Å²) < 4.78 is 32.3. The number of hydrogen-bond acceptors (Lipinski definition) is 4. The Morgan fingerprint density at radius 2 is 1.77 bits per heavy atom. The van der Waals surface area contributed by atoms with Crippen LogP contribution < -0.4 is 15.2 Å². The van der Waals surface area contributed by atoms with Gasteiger partial charge in [0.05, 0.1) is 4.90 Å². The summed E-state index contributed by atoms with van der Waals surface area (Å²) in [6, 6.07) is 11.9. The molecule has 0 unspecified atom stereocenters. The van der Waals surface area contributed by atoms with Gasteiger partial charge in [-0.1, -0.05) is 12.1 Å². The first-order valence-electron chi connectivity index (χ1n) is 6.94. The Kier molecular flexibility index (Phi) is 5.05. The Hall–Kier alpha value is -2.05. The third-order valence-electron chi connectivity index (χ3n) is 3.40. The van der Waals surface area contributed by atoms with Gasteiger partial charge in [-0.25, -0.2) is 13.1 Å². The van der Waals surface area contributed by atoms with E-state index >= 15 is 0 Å². The van der Waals surface area contributed by atoms with E-state index in [2.05, 4.69) is 4.72 Å². The Labute approximate surface area is 131 Å². The van der Waals surface area contributed by atoms with E-state index in [1.807, 2.05) is 32.0 Å². The van der Waals surface area contributed by atoms with Crippen molar-refractivity contribution in [2.45, 2.75) is 18.7 Å². The normalized spacial score (nSPS) is 11.4. The Balaban J connectivity index is 1.90. The van der Waals surface area contributed by atoms with E-state index in [1.54, 1.807) is 12.1 Å². The molecule has 2 rings (SSSR count). The molecule has 0 bridgehead atoms. The minimum Gasteiger partial charge on any atom is -0.492 e. The summed E-state index contributed by atoms with van der Waals surface area (Å²) in [5.74, 6) is 0.770. The monoisotopic (exact) mass is 320 g/mol. The maximum absolute atomic E-state index is 12.1. The number of sulfonamides is 1. The van der Waals surface area contributed by atoms with Crippen LogP contribution in [-0.2, 0) is 10.0 Å². The second kappa shape index (κ2) is 6.81. The van der Waals surface area contributed by atoms with Crippen LogP contribution in [0.1, 0.15) is 11.1 Å². The first kappa shape index (κ1) is 16.3. The molecule has 6 heteroatoms. The van der Waals surface area contributed by atoms with Crippen LogP contribution in [0.3, 0.4) is 0 Å². The van der Waals surface area contributed by atoms with Crippen LogP contribution >= 0.6 is 0 Å². The van der Waals surface area contributed by atoms with E-state index in [1.165, 1.54) is 12.1 Å². The third kappa shape index (κ3) is 3.99. The molecule has 0 fully saturated rings. The third-order valence-corrected chi connectivity index (χ3v) is 4.87. The van der Waals surface area contributed by atoms with Crippen molar-refractivity contribution < 1.29 is 13.2 Å². The summed E-state index contributed by atoms with van der Waals surface area (Å²) in [5.41, 5.74) is 8.27. The number of rotatable bonds is 6. The predicted octanol–water partition coefficient (Wildman–Crippen LogP) is 2.24. The summed E-state index contributed by atoms with van der Waals surface area (Å²) in [6.45, 7) is 4.44. The van der Waals surface area contributed by atoms with Crippen molar-refractivity contribution in [2.75, 3.05) is 18.9 Å². The zero-order chi connectivity index (χ0) is 16.2. The lowest BCUT2D eigenvalue weighted by molar-refractivity contribution is 0.320. The number of nitrogens with one attached hydrogen (secondary N) is 1. The van der Waals surface area contributed by atoms with Gasteiger partial charge in [0.15, 0.2) is 0 Å². The largest absolute Gasteiger partial charge is 0.492 e. The van der Waals surface area contributed by atoms with Crippen molar-refractivity contribution in [1.82, 2.24) is 4.72 Å². The zero-order valence-corrected chi connectivity index (χ0v) is 13.5. The fourth-order valence-electron chi connectivity index (χ4n) is 1.95. The van der Waals surface area contributed by atoms with Gasteiger partial charge < -0.3 is 10.5 Å². The Bertz CT molecular complexity index is 740. The quantitative estimate of drug-likeness (QED) is 0.632. The smallest absolute Gasteiger partial charge is 0.240 e. The van der Waals surface area contributed by atoms with Crippen LogP contribution in [0.2, 0.25) is 0 Å². The van der Waals surface area contributed by atoms with Crippen molar-refractivity contribution in [3.05, 3.63) is 53.6 Å². The molecule has 0 atom stereocenters. The molecule has 0 amide bonds. The molecule has 0 heterocycles. The van der Waals surface area contributed by atoms with Crippen molar-refractivity contribution in [3.63, 3.8) is 0 Å². The van der Waals surface area contributed by atoms with Crippen molar-refractivity contribution in [1.29, 1.82) is 0 Å². The molecule has 22 heavy (non-hydrogen) atoms. The summed E-state index contributed by atoms with van der Waals surface area (Å²) in [7, 11) is -3.54. The van der Waals surface area contributed by atoms with Crippen molar-refractivity contribution >= 4 is 15.7 Å². The number of nitrogen functional groups attached to an aromatic ring is 1. The molecule has 2 aromatic carbocycles. The topological polar surface area (TPSA) is 81.4 Å². The van der Waals surface area contributed by atoms with Gasteiger partial charge in [-0.15, -0.1) is 0 Å². The number of nitrogens with two attached hydrogens (primary N) is 1. The second-order valence-electron chi connectivity index (χ2n) is 5.01. The molecular weight excluding hydrogens is 300 g/mol. The first-order chi connectivity index (χ1) is 10.4. The lowest BCUT2D eigenvalue weighted by Gasteiger charge is -2.11. The molecule has 0 aliphatic carbocycles. The van der Waals surface area contributed by atoms with Gasteiger partial charge in [-0.3, -0.25) is 0 Å². The van der Waals surface area contributed by atoms with Gasteiger partial charge in [-0.05, 0) is 55.3 Å². The molecule has 0 aliphatic rings. The number of anilines is 1. The molecule has 2 aromatic rings. The average molecular weight is 320 g/mol. The molecule has 0 spiro atoms. The highest BCUT2D eigenvalue weighted by Gasteiger charge is 2.13. The highest BCUT2D eigenvalue weighted by Crippen LogP contribution is 2.20. The predicted molar refractivity (Wildman–Crippen MR) is 87.5 cm³/mol. The minimum absolute atomic E-state index is 0.188. The molecule has 0 radical (unpaired) electrons. The summed E-state index contributed by atoms with van der Waals surface area (Å²) in [6.07, 6.45) is 0. The average Bonchev–Trinajstić information content (AvgIpc) is 2.48. The molecule has 118 valence electrons. The molecule has 0 aromatic heterocycles. The fraction of sp³-hybridized carbons (Fsp3) is 0.250. The summed E-state index contributed by atoms with van der Waals surface area (Å²) >= 11 is 0. The van der Waals surface area contributed by atoms with E-state index in [9.17, 15) is 8.42 Å². The minimum atomic E-state index is -3.54. The number of benzene rings is 2. The van der Waals surface area contributed by atoms with Gasteiger partial charge in [0.1, 0.15) is 12.4 Å². The van der Waals surface area contributed by atoms with E-state index in [0.29, 0.717) is 5.69 Å². The summed E-state index contributed by atoms with van der Waals surface area (Å²) in [5, 5.41) is 0. The Morgan fingerprint density at radius 1 is 1.09 bits per heavy atom. The summed E-state index contributed by atoms with van der Waals surface area (Å²) in [4.78, 5) is 0.188. The molecule has 3 N–H and O–H groups in total. The van der Waals surface area contributed by atoms with E-state index in [-0.39, 0.29) is 18.0 Å². The fourth-order valence-corrected chi connectivity index (χ4v) is 2.96. The number of aryl methyl sites for hydroxylation is 1. The van der Waals surface area contributed by atoms with E-state index in [4.69, 9.17) is 10.5 Å². The highest BCUT2D eigenvalue weighted by molar-refractivity contribution is 7.89. The molecule has 0 saturated carbocycles. The van der Waals surface area contributed by atoms with Crippen molar-refractivity contribution in [2.24, 2.45) is 0 Å². The number of hydrogen-bond donors (Lipinski definition) is 2. The first-order valence-corrected chi connectivity index (χ1v) is 8.43. The van der Waals surface area contributed by atoms with Crippen LogP contribution in [-0.4, -0.2) is 21.6 Å². The Morgan fingerprint density at radius 3 is 2.45 bits per heavy atom. The van der Waals surface area contributed by atoms with Gasteiger partial charge in [0.2, 0.25) is 10.0 Å². The van der Waals surface area contributed by atoms with Crippen LogP contribution in [0, 0.1) is 13.8 Å². The second-order valence-corrected chi connectivity index (χ2v) is 6.78. The van der Waals surface area contributed by atoms with Crippen LogP contribution in [0.5, 0.6) is 5.75 Å². The lowest BCUT2D eigenvalue weighted by Crippen LogP contribution is -2.28.